The fourth-order valence-corrected chi connectivity index (χ4v) is 3.83. The molecule has 1 nitrogen and oxygen atoms in total. The lowest BCUT2D eigenvalue weighted by atomic mass is 9.72. The fourth-order valence-electron chi connectivity index (χ4n) is 3.55. The lowest BCUT2D eigenvalue weighted by Gasteiger charge is -2.33. The van der Waals surface area contributed by atoms with E-state index in [0.29, 0.717) is 5.41 Å². The molecule has 0 saturated heterocycles. The Morgan fingerprint density at radius 3 is 2.12 bits per heavy atom. The average molecular weight is 351 g/mol. The van der Waals surface area contributed by atoms with Crippen LogP contribution in [0.5, 0.6) is 5.75 Å². The highest BCUT2D eigenvalue weighted by molar-refractivity contribution is 7.80. The summed E-state index contributed by atoms with van der Waals surface area (Å²) >= 11 is 4.66. The third kappa shape index (κ3) is 7.96. The first-order valence-electron chi connectivity index (χ1n) is 9.62. The summed E-state index contributed by atoms with van der Waals surface area (Å²) in [5.41, 5.74) is 1.80. The van der Waals surface area contributed by atoms with E-state index in [-0.39, 0.29) is 5.41 Å². The zero-order valence-electron chi connectivity index (χ0n) is 16.7. The van der Waals surface area contributed by atoms with Crippen molar-refractivity contribution in [2.75, 3.05) is 6.61 Å². The van der Waals surface area contributed by atoms with Crippen LogP contribution in [0.25, 0.3) is 0 Å². The van der Waals surface area contributed by atoms with Gasteiger partial charge in [-0.25, -0.2) is 0 Å². The third-order valence-electron chi connectivity index (χ3n) is 4.47. The van der Waals surface area contributed by atoms with Gasteiger partial charge in [0.2, 0.25) is 0 Å². The molecule has 2 heteroatoms. The molecule has 1 rings (SSSR count). The Hall–Kier alpha value is -0.630. The van der Waals surface area contributed by atoms with Crippen LogP contribution >= 0.6 is 12.6 Å². The van der Waals surface area contributed by atoms with Crippen LogP contribution in [-0.2, 0) is 5.41 Å². The highest BCUT2D eigenvalue weighted by atomic mass is 32.1. The van der Waals surface area contributed by atoms with Crippen LogP contribution in [0.15, 0.2) is 23.1 Å². The van der Waals surface area contributed by atoms with Gasteiger partial charge in [-0.15, -0.1) is 12.6 Å². The van der Waals surface area contributed by atoms with Gasteiger partial charge in [-0.2, -0.15) is 0 Å². The summed E-state index contributed by atoms with van der Waals surface area (Å²) in [5, 5.41) is 0. The molecule has 0 N–H and O–H groups in total. The lowest BCUT2D eigenvalue weighted by Crippen LogP contribution is -2.24. The molecule has 0 aliphatic carbocycles. The van der Waals surface area contributed by atoms with Crippen molar-refractivity contribution in [1.82, 2.24) is 0 Å². The summed E-state index contributed by atoms with van der Waals surface area (Å²) in [4.78, 5) is 0.959. The molecular formula is C22H38OS. The van der Waals surface area contributed by atoms with Crippen molar-refractivity contribution < 1.29 is 4.74 Å². The Balaban J connectivity index is 2.53. The van der Waals surface area contributed by atoms with E-state index >= 15 is 0 Å². The summed E-state index contributed by atoms with van der Waals surface area (Å²) in [5.74, 6) is 0.919. The van der Waals surface area contributed by atoms with Gasteiger partial charge in [0.25, 0.3) is 0 Å². The highest BCUT2D eigenvalue weighted by Gasteiger charge is 2.27. The number of thiol groups is 1. The predicted octanol–water partition coefficient (Wildman–Crippen LogP) is 7.43. The Labute approximate surface area is 156 Å². The van der Waals surface area contributed by atoms with Crippen molar-refractivity contribution in [3.8, 4) is 5.75 Å². The van der Waals surface area contributed by atoms with Gasteiger partial charge in [-0.3, -0.25) is 0 Å². The molecule has 0 aromatic heterocycles. The van der Waals surface area contributed by atoms with E-state index in [2.05, 4.69) is 72.4 Å². The summed E-state index contributed by atoms with van der Waals surface area (Å²) < 4.78 is 5.94. The van der Waals surface area contributed by atoms with E-state index in [9.17, 15) is 0 Å². The number of hydrogen-bond donors (Lipinski definition) is 1. The zero-order valence-corrected chi connectivity index (χ0v) is 17.6. The van der Waals surface area contributed by atoms with E-state index in [0.717, 1.165) is 30.1 Å². The predicted molar refractivity (Wildman–Crippen MR) is 110 cm³/mol. The second-order valence-corrected chi connectivity index (χ2v) is 9.40. The van der Waals surface area contributed by atoms with Gasteiger partial charge in [0.15, 0.2) is 0 Å². The number of ether oxygens (including phenoxy) is 1. The van der Waals surface area contributed by atoms with Crippen molar-refractivity contribution in [3.05, 3.63) is 23.8 Å². The minimum Gasteiger partial charge on any atom is -0.492 e. The molecule has 0 aliphatic rings. The number of rotatable bonds is 10. The fraction of sp³-hybridized carbons (Fsp3) is 0.727. The highest BCUT2D eigenvalue weighted by Crippen LogP contribution is 2.38. The van der Waals surface area contributed by atoms with E-state index < -0.39 is 0 Å². The molecule has 0 aliphatic heterocycles. The quantitative estimate of drug-likeness (QED) is 0.341. The molecule has 1 aromatic carbocycles. The minimum atomic E-state index is 0.146. The molecule has 138 valence electrons. The summed E-state index contributed by atoms with van der Waals surface area (Å²) in [7, 11) is 0. The number of hydrogen-bond acceptors (Lipinski definition) is 2. The van der Waals surface area contributed by atoms with Crippen LogP contribution in [0.4, 0.5) is 0 Å². The summed E-state index contributed by atoms with van der Waals surface area (Å²) in [6.07, 6.45) is 8.87. The van der Waals surface area contributed by atoms with Crippen LogP contribution in [0.1, 0.15) is 92.1 Å². The van der Waals surface area contributed by atoms with Gasteiger partial charge in [0.1, 0.15) is 5.75 Å². The van der Waals surface area contributed by atoms with Gasteiger partial charge >= 0.3 is 0 Å². The molecular weight excluding hydrogens is 312 g/mol. The van der Waals surface area contributed by atoms with Crippen molar-refractivity contribution >= 4 is 12.6 Å². The molecule has 0 spiro atoms. The molecule has 0 radical (unpaired) electrons. The van der Waals surface area contributed by atoms with E-state index in [1.54, 1.807) is 0 Å². The maximum Gasteiger partial charge on any atom is 0.132 e. The molecule has 24 heavy (non-hydrogen) atoms. The van der Waals surface area contributed by atoms with Crippen LogP contribution in [-0.4, -0.2) is 6.61 Å². The first-order chi connectivity index (χ1) is 11.2. The van der Waals surface area contributed by atoms with Crippen molar-refractivity contribution in [1.29, 1.82) is 0 Å². The summed E-state index contributed by atoms with van der Waals surface area (Å²) in [6, 6.07) is 6.49. The van der Waals surface area contributed by atoms with Crippen LogP contribution in [0, 0.1) is 5.41 Å². The van der Waals surface area contributed by atoms with E-state index in [4.69, 9.17) is 4.74 Å². The van der Waals surface area contributed by atoms with Gasteiger partial charge in [-0.1, -0.05) is 79.7 Å². The van der Waals surface area contributed by atoms with Gasteiger partial charge in [0, 0.05) is 4.90 Å². The zero-order chi connectivity index (χ0) is 18.2. The first-order valence-corrected chi connectivity index (χ1v) is 10.1. The molecule has 1 aromatic rings. The smallest absolute Gasteiger partial charge is 0.132 e. The molecule has 0 atom stereocenters. The van der Waals surface area contributed by atoms with Crippen molar-refractivity contribution in [2.45, 2.75) is 96.8 Å². The average Bonchev–Trinajstić information content (AvgIpc) is 2.45. The van der Waals surface area contributed by atoms with Crippen molar-refractivity contribution in [3.63, 3.8) is 0 Å². The molecule has 0 saturated carbocycles. The Bertz CT molecular complexity index is 485. The first kappa shape index (κ1) is 21.4. The van der Waals surface area contributed by atoms with Crippen LogP contribution in [0.2, 0.25) is 0 Å². The largest absolute Gasteiger partial charge is 0.492 e. The molecule has 0 heterocycles. The van der Waals surface area contributed by atoms with E-state index in [1.807, 2.05) is 0 Å². The Morgan fingerprint density at radius 1 is 0.917 bits per heavy atom. The molecule has 0 fully saturated rings. The van der Waals surface area contributed by atoms with E-state index in [1.165, 1.54) is 37.7 Å². The lowest BCUT2D eigenvalue weighted by molar-refractivity contribution is 0.282. The minimum absolute atomic E-state index is 0.146. The molecule has 0 bridgehead atoms. The Kier molecular flexibility index (Phi) is 8.70. The number of benzene rings is 1. The maximum atomic E-state index is 5.94. The SMILES string of the molecule is CCCCCCCCOc1ccc(C(C)(C)CC(C)(C)C)cc1S. The van der Waals surface area contributed by atoms with Crippen LogP contribution < -0.4 is 4.74 Å². The monoisotopic (exact) mass is 350 g/mol. The van der Waals surface area contributed by atoms with Gasteiger partial charge in [0.05, 0.1) is 6.61 Å². The third-order valence-corrected chi connectivity index (χ3v) is 4.82. The molecule has 0 amide bonds. The van der Waals surface area contributed by atoms with Gasteiger partial charge < -0.3 is 4.74 Å². The Morgan fingerprint density at radius 2 is 1.54 bits per heavy atom. The topological polar surface area (TPSA) is 9.23 Å². The van der Waals surface area contributed by atoms with Gasteiger partial charge in [-0.05, 0) is 41.4 Å². The van der Waals surface area contributed by atoms with Crippen molar-refractivity contribution in [2.24, 2.45) is 5.41 Å². The molecule has 0 unspecified atom stereocenters. The van der Waals surface area contributed by atoms with Crippen LogP contribution in [0.3, 0.4) is 0 Å². The second-order valence-electron chi connectivity index (χ2n) is 8.92. The second kappa shape index (κ2) is 9.75. The summed E-state index contributed by atoms with van der Waals surface area (Å²) in [6.45, 7) is 14.6. The maximum absolute atomic E-state index is 5.94. The standard InChI is InChI=1S/C22H38OS/c1-7-8-9-10-11-12-15-23-19-14-13-18(16-20(19)24)22(5,6)17-21(2,3)4/h13-14,16,24H,7-12,15,17H2,1-6H3. The number of unbranched alkanes of at least 4 members (excludes halogenated alkanes) is 5. The normalized spacial score (nSPS) is 12.5.